The normalized spacial score (nSPS) is 12.3. The molecule has 2 aromatic carbocycles. The zero-order valence-corrected chi connectivity index (χ0v) is 14.5. The van der Waals surface area contributed by atoms with Crippen LogP contribution in [-0.2, 0) is 0 Å². The quantitative estimate of drug-likeness (QED) is 0.525. The Hall–Kier alpha value is -2.70. The molecule has 0 spiro atoms. The van der Waals surface area contributed by atoms with Crippen molar-refractivity contribution < 1.29 is 9.18 Å². The number of aromatic amines is 1. The lowest BCUT2D eigenvalue weighted by atomic mass is 10.0. The van der Waals surface area contributed by atoms with E-state index in [0.29, 0.717) is 18.8 Å². The number of amides is 1. The van der Waals surface area contributed by atoms with E-state index in [9.17, 15) is 9.18 Å². The Kier molecular flexibility index (Phi) is 5.65. The van der Waals surface area contributed by atoms with Crippen LogP contribution in [0.15, 0.2) is 48.5 Å². The number of rotatable bonds is 7. The van der Waals surface area contributed by atoms with E-state index in [-0.39, 0.29) is 17.8 Å². The molecule has 1 atom stereocenters. The topological polar surface area (TPSA) is 96.9 Å². The van der Waals surface area contributed by atoms with Crippen LogP contribution >= 0.6 is 0 Å². The van der Waals surface area contributed by atoms with Gasteiger partial charge in [-0.3, -0.25) is 4.79 Å². The Labute approximate surface area is 151 Å². The number of nitrogens with one attached hydrogen (secondary N) is 2. The molecule has 6 heteroatoms. The molecule has 1 unspecified atom stereocenters. The van der Waals surface area contributed by atoms with Crippen molar-refractivity contribution in [2.45, 2.75) is 18.9 Å². The molecule has 3 rings (SSSR count). The fourth-order valence-electron chi connectivity index (χ4n) is 2.90. The molecule has 0 saturated heterocycles. The van der Waals surface area contributed by atoms with Crippen molar-refractivity contribution >= 4 is 16.8 Å². The van der Waals surface area contributed by atoms with Crippen LogP contribution < -0.4 is 16.8 Å². The molecule has 0 fully saturated rings. The molecule has 0 aliphatic rings. The number of halogens is 1. The summed E-state index contributed by atoms with van der Waals surface area (Å²) >= 11 is 0. The Morgan fingerprint density at radius 3 is 2.73 bits per heavy atom. The molecule has 6 N–H and O–H groups in total. The first-order valence-electron chi connectivity index (χ1n) is 8.69. The number of hydrogen-bond acceptors (Lipinski definition) is 3. The average Bonchev–Trinajstić information content (AvgIpc) is 3.07. The Morgan fingerprint density at radius 2 is 1.96 bits per heavy atom. The summed E-state index contributed by atoms with van der Waals surface area (Å²) in [6.07, 6.45) is 1.62. The SMILES string of the molecule is NCCCC(N)CNC(=O)c1cc2ccc(-c3cccc(F)c3)cc2[nH]1. The van der Waals surface area contributed by atoms with Gasteiger partial charge in [-0.15, -0.1) is 0 Å². The van der Waals surface area contributed by atoms with Crippen molar-refractivity contribution in [2.75, 3.05) is 13.1 Å². The van der Waals surface area contributed by atoms with Gasteiger partial charge in [0.05, 0.1) is 0 Å². The average molecular weight is 354 g/mol. The van der Waals surface area contributed by atoms with Crippen LogP contribution in [0.25, 0.3) is 22.0 Å². The smallest absolute Gasteiger partial charge is 0.267 e. The van der Waals surface area contributed by atoms with Crippen LogP contribution in [-0.4, -0.2) is 30.0 Å². The fraction of sp³-hybridized carbons (Fsp3) is 0.250. The van der Waals surface area contributed by atoms with Crippen molar-refractivity contribution in [3.8, 4) is 11.1 Å². The maximum atomic E-state index is 13.4. The Bertz CT molecular complexity index is 906. The molecule has 0 aliphatic heterocycles. The van der Waals surface area contributed by atoms with Gasteiger partial charge in [-0.05, 0) is 54.8 Å². The van der Waals surface area contributed by atoms with Crippen molar-refractivity contribution in [3.05, 3.63) is 60.0 Å². The molecule has 0 saturated carbocycles. The van der Waals surface area contributed by atoms with Gasteiger partial charge in [-0.2, -0.15) is 0 Å². The summed E-state index contributed by atoms with van der Waals surface area (Å²) in [5, 5.41) is 3.76. The van der Waals surface area contributed by atoms with Crippen molar-refractivity contribution in [3.63, 3.8) is 0 Å². The third kappa shape index (κ3) is 4.28. The standard InChI is InChI=1S/C20H23FN4O/c21-16-4-1-3-13(9-16)14-6-7-15-11-19(25-18(15)10-14)20(26)24-12-17(23)5-2-8-22/h1,3-4,6-7,9-11,17,25H,2,5,8,12,22-23H2,(H,24,26). The number of carbonyl (C=O) groups excluding carboxylic acids is 1. The third-order valence-corrected chi connectivity index (χ3v) is 4.33. The number of nitrogens with two attached hydrogens (primary N) is 2. The lowest BCUT2D eigenvalue weighted by Crippen LogP contribution is -2.37. The minimum Gasteiger partial charge on any atom is -0.351 e. The van der Waals surface area contributed by atoms with Gasteiger partial charge in [0.2, 0.25) is 0 Å². The highest BCUT2D eigenvalue weighted by molar-refractivity contribution is 5.98. The highest BCUT2D eigenvalue weighted by Gasteiger charge is 2.11. The monoisotopic (exact) mass is 354 g/mol. The van der Waals surface area contributed by atoms with Gasteiger partial charge in [-0.25, -0.2) is 4.39 Å². The molecule has 0 bridgehead atoms. The van der Waals surface area contributed by atoms with Gasteiger partial charge < -0.3 is 21.8 Å². The van der Waals surface area contributed by atoms with E-state index in [1.807, 2.05) is 24.3 Å². The molecule has 1 aromatic heterocycles. The van der Waals surface area contributed by atoms with Crippen LogP contribution in [0, 0.1) is 5.82 Å². The molecular weight excluding hydrogens is 331 g/mol. The summed E-state index contributed by atoms with van der Waals surface area (Å²) in [4.78, 5) is 15.4. The van der Waals surface area contributed by atoms with Gasteiger partial charge >= 0.3 is 0 Å². The molecule has 1 heterocycles. The summed E-state index contributed by atoms with van der Waals surface area (Å²) in [6, 6.07) is 13.9. The molecule has 5 nitrogen and oxygen atoms in total. The number of aromatic nitrogens is 1. The van der Waals surface area contributed by atoms with Gasteiger partial charge in [0.1, 0.15) is 11.5 Å². The molecular formula is C20H23FN4O. The summed E-state index contributed by atoms with van der Waals surface area (Å²) in [7, 11) is 0. The van der Waals surface area contributed by atoms with E-state index in [0.717, 1.165) is 34.9 Å². The van der Waals surface area contributed by atoms with E-state index in [1.165, 1.54) is 12.1 Å². The first-order chi connectivity index (χ1) is 12.6. The predicted octanol–water partition coefficient (Wildman–Crippen LogP) is 2.77. The zero-order valence-electron chi connectivity index (χ0n) is 14.5. The Morgan fingerprint density at radius 1 is 1.15 bits per heavy atom. The molecule has 136 valence electrons. The number of carbonyl (C=O) groups is 1. The molecule has 3 aromatic rings. The lowest BCUT2D eigenvalue weighted by Gasteiger charge is -2.11. The fourth-order valence-corrected chi connectivity index (χ4v) is 2.90. The molecule has 0 radical (unpaired) electrons. The number of H-pyrrole nitrogens is 1. The van der Waals surface area contributed by atoms with Crippen molar-refractivity contribution in [1.82, 2.24) is 10.3 Å². The molecule has 26 heavy (non-hydrogen) atoms. The van der Waals surface area contributed by atoms with E-state index in [4.69, 9.17) is 11.5 Å². The van der Waals surface area contributed by atoms with Crippen molar-refractivity contribution in [2.24, 2.45) is 11.5 Å². The Balaban J connectivity index is 1.74. The zero-order chi connectivity index (χ0) is 18.5. The number of hydrogen-bond donors (Lipinski definition) is 4. The maximum Gasteiger partial charge on any atom is 0.267 e. The lowest BCUT2D eigenvalue weighted by molar-refractivity contribution is 0.0946. The van der Waals surface area contributed by atoms with E-state index in [1.54, 1.807) is 12.1 Å². The first-order valence-corrected chi connectivity index (χ1v) is 8.69. The summed E-state index contributed by atoms with van der Waals surface area (Å²) in [5.41, 5.74) is 14.4. The van der Waals surface area contributed by atoms with Gasteiger partial charge in [0, 0.05) is 23.5 Å². The van der Waals surface area contributed by atoms with E-state index in [2.05, 4.69) is 10.3 Å². The van der Waals surface area contributed by atoms with E-state index < -0.39 is 0 Å². The highest BCUT2D eigenvalue weighted by Crippen LogP contribution is 2.25. The summed E-state index contributed by atoms with van der Waals surface area (Å²) in [5.74, 6) is -0.475. The second-order valence-corrected chi connectivity index (χ2v) is 6.40. The molecule has 1 amide bonds. The predicted molar refractivity (Wildman–Crippen MR) is 102 cm³/mol. The number of benzene rings is 2. The second-order valence-electron chi connectivity index (χ2n) is 6.40. The highest BCUT2D eigenvalue weighted by atomic mass is 19.1. The van der Waals surface area contributed by atoms with Crippen LogP contribution in [0.1, 0.15) is 23.3 Å². The van der Waals surface area contributed by atoms with Gasteiger partial charge in [-0.1, -0.05) is 24.3 Å². The van der Waals surface area contributed by atoms with Gasteiger partial charge in [0.15, 0.2) is 0 Å². The van der Waals surface area contributed by atoms with Crippen LogP contribution in [0.2, 0.25) is 0 Å². The van der Waals surface area contributed by atoms with Crippen molar-refractivity contribution in [1.29, 1.82) is 0 Å². The summed E-state index contributed by atoms with van der Waals surface area (Å²) in [6.45, 7) is 1.00. The molecule has 0 aliphatic carbocycles. The maximum absolute atomic E-state index is 13.4. The van der Waals surface area contributed by atoms with E-state index >= 15 is 0 Å². The second kappa shape index (κ2) is 8.12. The summed E-state index contributed by atoms with van der Waals surface area (Å²) < 4.78 is 13.4. The van der Waals surface area contributed by atoms with Crippen LogP contribution in [0.3, 0.4) is 0 Å². The first kappa shape index (κ1) is 18.1. The third-order valence-electron chi connectivity index (χ3n) is 4.33. The minimum absolute atomic E-state index is 0.105. The largest absolute Gasteiger partial charge is 0.351 e. The minimum atomic E-state index is -0.278. The number of fused-ring (bicyclic) bond motifs is 1. The van der Waals surface area contributed by atoms with Gasteiger partial charge in [0.25, 0.3) is 5.91 Å². The van der Waals surface area contributed by atoms with Crippen LogP contribution in [0.4, 0.5) is 4.39 Å². The van der Waals surface area contributed by atoms with Crippen LogP contribution in [0.5, 0.6) is 0 Å².